The summed E-state index contributed by atoms with van der Waals surface area (Å²) < 4.78 is 6.68. The van der Waals surface area contributed by atoms with Crippen LogP contribution in [0.5, 0.6) is 0 Å². The average molecular weight is 302 g/mol. The maximum atomic E-state index is 10.4. The molecule has 1 atom stereocenters. The van der Waals surface area contributed by atoms with Crippen LogP contribution < -0.4 is 5.32 Å². The lowest BCUT2D eigenvalue weighted by molar-refractivity contribution is 0.0332. The van der Waals surface area contributed by atoms with Gasteiger partial charge in [0.25, 0.3) is 0 Å². The molecule has 0 saturated carbocycles. The minimum absolute atomic E-state index is 0.419. The van der Waals surface area contributed by atoms with E-state index in [1.54, 1.807) is 18.3 Å². The molecule has 0 bridgehead atoms. The van der Waals surface area contributed by atoms with Crippen molar-refractivity contribution in [2.75, 3.05) is 6.54 Å². The third kappa shape index (κ3) is 3.15. The van der Waals surface area contributed by atoms with Crippen molar-refractivity contribution < 1.29 is 9.52 Å². The van der Waals surface area contributed by atoms with Crippen molar-refractivity contribution in [3.63, 3.8) is 0 Å². The van der Waals surface area contributed by atoms with E-state index in [1.807, 2.05) is 36.7 Å². The van der Waals surface area contributed by atoms with Crippen LogP contribution in [0.3, 0.4) is 0 Å². The Morgan fingerprint density at radius 3 is 3.00 bits per heavy atom. The summed E-state index contributed by atoms with van der Waals surface area (Å²) in [5.41, 5.74) is 1.12. The van der Waals surface area contributed by atoms with Crippen molar-refractivity contribution in [2.45, 2.75) is 26.0 Å². The fourth-order valence-corrected chi connectivity index (χ4v) is 3.05. The summed E-state index contributed by atoms with van der Waals surface area (Å²) in [6.45, 7) is 4.70. The molecule has 4 nitrogen and oxygen atoms in total. The maximum Gasteiger partial charge on any atom is 0.136 e. The topological polar surface area (TPSA) is 58.3 Å². The second-order valence-electron chi connectivity index (χ2n) is 5.44. The molecule has 0 radical (unpaired) electrons. The quantitative estimate of drug-likeness (QED) is 0.760. The molecule has 1 unspecified atom stereocenters. The van der Waals surface area contributed by atoms with Gasteiger partial charge in [-0.25, -0.2) is 0 Å². The number of nitrogens with one attached hydrogen (secondary N) is 1. The number of hydrogen-bond donors (Lipinski definition) is 2. The molecule has 21 heavy (non-hydrogen) atoms. The van der Waals surface area contributed by atoms with Crippen LogP contribution >= 0.6 is 11.3 Å². The first-order valence-corrected chi connectivity index (χ1v) is 7.75. The SMILES string of the molecule is Cc1ccc(C(C)(O)CNCc2cnc3ccsc3c2)o1. The smallest absolute Gasteiger partial charge is 0.136 e. The first kappa shape index (κ1) is 14.3. The summed E-state index contributed by atoms with van der Waals surface area (Å²) in [6.07, 6.45) is 1.87. The van der Waals surface area contributed by atoms with Crippen LogP contribution in [-0.2, 0) is 12.1 Å². The van der Waals surface area contributed by atoms with E-state index in [0.717, 1.165) is 16.8 Å². The van der Waals surface area contributed by atoms with Gasteiger partial charge in [0.1, 0.15) is 17.1 Å². The fraction of sp³-hybridized carbons (Fsp3) is 0.312. The van der Waals surface area contributed by atoms with Crippen LogP contribution in [0.15, 0.2) is 40.3 Å². The van der Waals surface area contributed by atoms with Crippen molar-refractivity contribution in [2.24, 2.45) is 0 Å². The second-order valence-corrected chi connectivity index (χ2v) is 6.38. The molecule has 0 spiro atoms. The number of rotatable bonds is 5. The molecule has 3 aromatic rings. The average Bonchev–Trinajstić information content (AvgIpc) is 3.06. The van der Waals surface area contributed by atoms with Crippen LogP contribution in [0.4, 0.5) is 0 Å². The largest absolute Gasteiger partial charge is 0.463 e. The highest BCUT2D eigenvalue weighted by Crippen LogP contribution is 2.22. The number of fused-ring (bicyclic) bond motifs is 1. The highest BCUT2D eigenvalue weighted by atomic mass is 32.1. The van der Waals surface area contributed by atoms with Gasteiger partial charge in [-0.3, -0.25) is 4.98 Å². The predicted molar refractivity (Wildman–Crippen MR) is 84.3 cm³/mol. The molecular weight excluding hydrogens is 284 g/mol. The van der Waals surface area contributed by atoms with Crippen molar-refractivity contribution in [3.8, 4) is 0 Å². The van der Waals surface area contributed by atoms with E-state index in [9.17, 15) is 5.11 Å². The third-order valence-corrected chi connectivity index (χ3v) is 4.28. The first-order chi connectivity index (χ1) is 10.0. The Balaban J connectivity index is 1.62. The number of aryl methyl sites for hydroxylation is 1. The van der Waals surface area contributed by atoms with E-state index < -0.39 is 5.60 Å². The molecule has 3 rings (SSSR count). The summed E-state index contributed by atoms with van der Waals surface area (Å²) in [6, 6.07) is 7.82. The van der Waals surface area contributed by atoms with E-state index in [1.165, 1.54) is 4.70 Å². The van der Waals surface area contributed by atoms with Crippen LogP contribution in [0.1, 0.15) is 24.0 Å². The van der Waals surface area contributed by atoms with Crippen LogP contribution in [0, 0.1) is 6.92 Å². The number of aromatic nitrogens is 1. The van der Waals surface area contributed by atoms with Gasteiger partial charge in [-0.2, -0.15) is 0 Å². The van der Waals surface area contributed by atoms with Gasteiger partial charge in [0.05, 0.1) is 10.2 Å². The molecule has 0 aliphatic heterocycles. The van der Waals surface area contributed by atoms with Gasteiger partial charge in [-0.15, -0.1) is 11.3 Å². The zero-order valence-electron chi connectivity index (χ0n) is 12.1. The molecule has 2 N–H and O–H groups in total. The molecule has 0 aliphatic carbocycles. The molecule has 0 aliphatic rings. The second kappa shape index (κ2) is 5.60. The van der Waals surface area contributed by atoms with Gasteiger partial charge in [0.15, 0.2) is 0 Å². The van der Waals surface area contributed by atoms with Crippen molar-refractivity contribution in [3.05, 3.63) is 52.9 Å². The van der Waals surface area contributed by atoms with E-state index >= 15 is 0 Å². The monoisotopic (exact) mass is 302 g/mol. The Bertz CT molecular complexity index is 745. The normalized spacial score (nSPS) is 14.4. The zero-order chi connectivity index (χ0) is 14.9. The number of aliphatic hydroxyl groups is 1. The summed E-state index contributed by atoms with van der Waals surface area (Å²) in [5.74, 6) is 1.39. The molecule has 5 heteroatoms. The van der Waals surface area contributed by atoms with Crippen molar-refractivity contribution in [1.29, 1.82) is 0 Å². The molecule has 0 saturated heterocycles. The lowest BCUT2D eigenvalue weighted by Crippen LogP contribution is -2.34. The predicted octanol–water partition coefficient (Wildman–Crippen LogP) is 3.20. The van der Waals surface area contributed by atoms with Crippen molar-refractivity contribution in [1.82, 2.24) is 10.3 Å². The lowest BCUT2D eigenvalue weighted by Gasteiger charge is -2.21. The Kier molecular flexibility index (Phi) is 3.80. The van der Waals surface area contributed by atoms with Gasteiger partial charge in [-0.05, 0) is 49.1 Å². The van der Waals surface area contributed by atoms with Crippen LogP contribution in [-0.4, -0.2) is 16.6 Å². The highest BCUT2D eigenvalue weighted by Gasteiger charge is 2.26. The van der Waals surface area contributed by atoms with Gasteiger partial charge < -0.3 is 14.8 Å². The highest BCUT2D eigenvalue weighted by molar-refractivity contribution is 7.17. The lowest BCUT2D eigenvalue weighted by atomic mass is 10.0. The minimum Gasteiger partial charge on any atom is -0.463 e. The summed E-state index contributed by atoms with van der Waals surface area (Å²) in [5, 5.41) is 15.7. The molecule has 110 valence electrons. The van der Waals surface area contributed by atoms with Crippen LogP contribution in [0.2, 0.25) is 0 Å². The van der Waals surface area contributed by atoms with E-state index in [0.29, 0.717) is 18.8 Å². The Morgan fingerprint density at radius 1 is 1.38 bits per heavy atom. The van der Waals surface area contributed by atoms with Gasteiger partial charge in [0.2, 0.25) is 0 Å². The summed E-state index contributed by atoms with van der Waals surface area (Å²) in [4.78, 5) is 4.41. The summed E-state index contributed by atoms with van der Waals surface area (Å²) >= 11 is 1.69. The van der Waals surface area contributed by atoms with Crippen molar-refractivity contribution >= 4 is 21.6 Å². The first-order valence-electron chi connectivity index (χ1n) is 6.87. The standard InChI is InChI=1S/C16H18N2O2S/c1-11-3-4-15(20-11)16(2,19)10-17-8-12-7-14-13(18-9-12)5-6-21-14/h3-7,9,17,19H,8,10H2,1-2H3. The zero-order valence-corrected chi connectivity index (χ0v) is 12.9. The number of hydrogen-bond acceptors (Lipinski definition) is 5. The third-order valence-electron chi connectivity index (χ3n) is 3.43. The molecule has 0 fully saturated rings. The molecular formula is C16H18N2O2S. The minimum atomic E-state index is -1.02. The Hall–Kier alpha value is -1.69. The molecule has 3 heterocycles. The molecule has 0 aromatic carbocycles. The summed E-state index contributed by atoms with van der Waals surface area (Å²) in [7, 11) is 0. The fourth-order valence-electron chi connectivity index (χ4n) is 2.25. The number of pyridine rings is 1. The number of thiophene rings is 1. The number of furan rings is 1. The van der Waals surface area contributed by atoms with Gasteiger partial charge in [0, 0.05) is 19.3 Å². The van der Waals surface area contributed by atoms with E-state index in [4.69, 9.17) is 4.42 Å². The Morgan fingerprint density at radius 2 is 2.24 bits per heavy atom. The van der Waals surface area contributed by atoms with Gasteiger partial charge >= 0.3 is 0 Å². The van der Waals surface area contributed by atoms with Crippen LogP contribution in [0.25, 0.3) is 10.2 Å². The number of nitrogens with zero attached hydrogens (tertiary/aromatic N) is 1. The van der Waals surface area contributed by atoms with E-state index in [2.05, 4.69) is 16.4 Å². The van der Waals surface area contributed by atoms with E-state index in [-0.39, 0.29) is 0 Å². The molecule has 0 amide bonds. The maximum absolute atomic E-state index is 10.4. The van der Waals surface area contributed by atoms with Gasteiger partial charge in [-0.1, -0.05) is 0 Å². The Labute approximate surface area is 127 Å². The molecule has 3 aromatic heterocycles.